The van der Waals surface area contributed by atoms with Crippen molar-refractivity contribution in [3.63, 3.8) is 0 Å². The molecule has 11 heteroatoms. The SMILES string of the molecule is CC(=O)c1ccc(S(=O)(=O)N2CCCC(c3nnc(C(=O)Nc4cccc(F)c4)s3)C2)cc1. The van der Waals surface area contributed by atoms with Crippen LogP contribution in [0.4, 0.5) is 10.1 Å². The fourth-order valence-electron chi connectivity index (χ4n) is 3.62. The van der Waals surface area contributed by atoms with Gasteiger partial charge in [-0.3, -0.25) is 9.59 Å². The second-order valence-electron chi connectivity index (χ2n) is 7.69. The van der Waals surface area contributed by atoms with Crippen molar-refractivity contribution in [1.82, 2.24) is 14.5 Å². The molecule has 4 rings (SSSR count). The molecule has 0 saturated carbocycles. The second-order valence-corrected chi connectivity index (χ2v) is 10.6. The number of carbonyl (C=O) groups is 2. The van der Waals surface area contributed by atoms with E-state index in [1.54, 1.807) is 6.07 Å². The van der Waals surface area contributed by atoms with Gasteiger partial charge in [-0.05, 0) is 50.1 Å². The number of sulfonamides is 1. The Morgan fingerprint density at radius 1 is 1.15 bits per heavy atom. The fourth-order valence-corrected chi connectivity index (χ4v) is 6.00. The van der Waals surface area contributed by atoms with Crippen molar-refractivity contribution in [1.29, 1.82) is 0 Å². The molecule has 33 heavy (non-hydrogen) atoms. The van der Waals surface area contributed by atoms with E-state index in [2.05, 4.69) is 15.5 Å². The third kappa shape index (κ3) is 5.15. The van der Waals surface area contributed by atoms with E-state index in [4.69, 9.17) is 0 Å². The zero-order chi connectivity index (χ0) is 23.6. The van der Waals surface area contributed by atoms with E-state index >= 15 is 0 Å². The minimum Gasteiger partial charge on any atom is -0.320 e. The maximum atomic E-state index is 13.3. The quantitative estimate of drug-likeness (QED) is 0.530. The molecule has 1 aromatic heterocycles. The first-order valence-electron chi connectivity index (χ1n) is 10.3. The minimum absolute atomic E-state index is 0.120. The normalized spacial score (nSPS) is 17.0. The number of nitrogens with one attached hydrogen (secondary N) is 1. The van der Waals surface area contributed by atoms with Gasteiger partial charge in [-0.2, -0.15) is 4.31 Å². The number of benzene rings is 2. The summed E-state index contributed by atoms with van der Waals surface area (Å²) >= 11 is 1.10. The largest absolute Gasteiger partial charge is 0.320 e. The molecule has 1 atom stereocenters. The topological polar surface area (TPSA) is 109 Å². The van der Waals surface area contributed by atoms with Gasteiger partial charge in [-0.25, -0.2) is 12.8 Å². The van der Waals surface area contributed by atoms with Crippen molar-refractivity contribution in [2.24, 2.45) is 0 Å². The molecule has 1 unspecified atom stereocenters. The third-order valence-corrected chi connectivity index (χ3v) is 8.31. The molecule has 1 N–H and O–H groups in total. The van der Waals surface area contributed by atoms with Gasteiger partial charge in [0.15, 0.2) is 5.78 Å². The number of rotatable bonds is 6. The Kier molecular flexibility index (Phi) is 6.63. The van der Waals surface area contributed by atoms with E-state index in [0.717, 1.165) is 17.8 Å². The van der Waals surface area contributed by atoms with Crippen LogP contribution in [-0.4, -0.2) is 47.7 Å². The lowest BCUT2D eigenvalue weighted by Gasteiger charge is -2.30. The number of ketones is 1. The maximum Gasteiger partial charge on any atom is 0.286 e. The molecule has 3 aromatic rings. The highest BCUT2D eigenvalue weighted by molar-refractivity contribution is 7.89. The first kappa shape index (κ1) is 23.1. The van der Waals surface area contributed by atoms with Crippen LogP contribution in [0.15, 0.2) is 53.4 Å². The molecule has 0 spiro atoms. The van der Waals surface area contributed by atoms with Crippen LogP contribution in [0.25, 0.3) is 0 Å². The van der Waals surface area contributed by atoms with Crippen LogP contribution in [0, 0.1) is 5.82 Å². The summed E-state index contributed by atoms with van der Waals surface area (Å²) in [6, 6.07) is 11.4. The van der Waals surface area contributed by atoms with Gasteiger partial charge in [0.25, 0.3) is 5.91 Å². The zero-order valence-corrected chi connectivity index (χ0v) is 19.3. The Morgan fingerprint density at radius 2 is 1.91 bits per heavy atom. The number of halogens is 1. The molecule has 1 saturated heterocycles. The van der Waals surface area contributed by atoms with Crippen LogP contribution < -0.4 is 5.32 Å². The van der Waals surface area contributed by atoms with Crippen LogP contribution >= 0.6 is 11.3 Å². The van der Waals surface area contributed by atoms with Gasteiger partial charge in [0.05, 0.1) is 4.90 Å². The van der Waals surface area contributed by atoms with E-state index in [1.807, 2.05) is 0 Å². The van der Waals surface area contributed by atoms with Crippen LogP contribution in [0.3, 0.4) is 0 Å². The average molecular weight is 489 g/mol. The number of nitrogens with zero attached hydrogens (tertiary/aromatic N) is 3. The van der Waals surface area contributed by atoms with Gasteiger partial charge in [0.2, 0.25) is 15.0 Å². The molecular formula is C22H21FN4O4S2. The number of hydrogen-bond donors (Lipinski definition) is 1. The predicted octanol–water partition coefficient (Wildman–Crippen LogP) is 3.70. The highest BCUT2D eigenvalue weighted by Crippen LogP contribution is 2.32. The average Bonchev–Trinajstić information content (AvgIpc) is 3.30. The van der Waals surface area contributed by atoms with Crippen LogP contribution in [0.1, 0.15) is 50.9 Å². The van der Waals surface area contributed by atoms with Gasteiger partial charge < -0.3 is 5.32 Å². The maximum absolute atomic E-state index is 13.3. The summed E-state index contributed by atoms with van der Waals surface area (Å²) in [5, 5.41) is 11.3. The third-order valence-electron chi connectivity index (χ3n) is 5.35. The first-order valence-corrected chi connectivity index (χ1v) is 12.5. The van der Waals surface area contributed by atoms with Crippen LogP contribution in [0.2, 0.25) is 0 Å². The highest BCUT2D eigenvalue weighted by Gasteiger charge is 2.33. The molecule has 2 heterocycles. The lowest BCUT2D eigenvalue weighted by molar-refractivity contribution is 0.101. The molecule has 1 aliphatic heterocycles. The summed E-state index contributed by atoms with van der Waals surface area (Å²) < 4.78 is 40.9. The number of carbonyl (C=O) groups excluding carboxylic acids is 2. The number of hydrogen-bond acceptors (Lipinski definition) is 7. The van der Waals surface area contributed by atoms with Crippen molar-refractivity contribution >= 4 is 38.7 Å². The summed E-state index contributed by atoms with van der Waals surface area (Å²) in [6.07, 6.45) is 1.36. The number of piperidine rings is 1. The van der Waals surface area contributed by atoms with E-state index in [1.165, 1.54) is 53.7 Å². The summed E-state index contributed by atoms with van der Waals surface area (Å²) in [5.74, 6) is -1.30. The first-order chi connectivity index (χ1) is 15.7. The van der Waals surface area contributed by atoms with Crippen molar-refractivity contribution < 1.29 is 22.4 Å². The number of amides is 1. The summed E-state index contributed by atoms with van der Waals surface area (Å²) in [5.41, 5.74) is 0.755. The molecule has 0 bridgehead atoms. The molecule has 172 valence electrons. The van der Waals surface area contributed by atoms with Crippen LogP contribution in [-0.2, 0) is 10.0 Å². The number of aromatic nitrogens is 2. The molecule has 1 fully saturated rings. The van der Waals surface area contributed by atoms with Crippen molar-refractivity contribution in [3.05, 3.63) is 69.9 Å². The highest BCUT2D eigenvalue weighted by atomic mass is 32.2. The standard InChI is InChI=1S/C22H21FN4O4S2/c1-14(28)15-7-9-19(10-8-15)33(30,31)27-11-3-4-16(13-27)21-25-26-22(32-21)20(29)24-18-6-2-5-17(23)12-18/h2,5-10,12,16H,3-4,11,13H2,1H3,(H,24,29). The molecular weight excluding hydrogens is 467 g/mol. The van der Waals surface area contributed by atoms with Gasteiger partial charge in [-0.15, -0.1) is 10.2 Å². The van der Waals surface area contributed by atoms with Gasteiger partial charge in [-0.1, -0.05) is 29.5 Å². The summed E-state index contributed by atoms with van der Waals surface area (Å²) in [6.45, 7) is 2.02. The predicted molar refractivity (Wildman–Crippen MR) is 121 cm³/mol. The molecule has 0 aliphatic carbocycles. The molecule has 1 aliphatic rings. The van der Waals surface area contributed by atoms with Crippen molar-refractivity contribution in [2.75, 3.05) is 18.4 Å². The van der Waals surface area contributed by atoms with E-state index in [9.17, 15) is 22.4 Å². The number of Topliss-reactive ketones (excluding diaryl/α,β-unsaturated/α-hetero) is 1. The number of anilines is 1. The minimum atomic E-state index is -3.74. The van der Waals surface area contributed by atoms with Crippen LogP contribution in [0.5, 0.6) is 0 Å². The molecule has 0 radical (unpaired) electrons. The Hall–Kier alpha value is -3.02. The fraction of sp³-hybridized carbons (Fsp3) is 0.273. The van der Waals surface area contributed by atoms with E-state index in [0.29, 0.717) is 29.2 Å². The summed E-state index contributed by atoms with van der Waals surface area (Å²) in [4.78, 5) is 24.0. The monoisotopic (exact) mass is 488 g/mol. The van der Waals surface area contributed by atoms with Gasteiger partial charge >= 0.3 is 0 Å². The smallest absolute Gasteiger partial charge is 0.286 e. The lowest BCUT2D eigenvalue weighted by atomic mass is 10.0. The summed E-state index contributed by atoms with van der Waals surface area (Å²) in [7, 11) is -3.74. The molecule has 1 amide bonds. The van der Waals surface area contributed by atoms with Crippen molar-refractivity contribution in [3.8, 4) is 0 Å². The Balaban J connectivity index is 1.47. The Bertz CT molecular complexity index is 1290. The zero-order valence-electron chi connectivity index (χ0n) is 17.7. The Labute approximate surface area is 194 Å². The van der Waals surface area contributed by atoms with Crippen molar-refractivity contribution in [2.45, 2.75) is 30.6 Å². The molecule has 8 nitrogen and oxygen atoms in total. The lowest BCUT2D eigenvalue weighted by Crippen LogP contribution is -2.39. The van der Waals surface area contributed by atoms with E-state index < -0.39 is 21.7 Å². The van der Waals surface area contributed by atoms with Gasteiger partial charge in [0, 0.05) is 30.3 Å². The molecule has 2 aromatic carbocycles. The van der Waals surface area contributed by atoms with Gasteiger partial charge in [0.1, 0.15) is 10.8 Å². The second kappa shape index (κ2) is 9.46. The Morgan fingerprint density at radius 3 is 2.61 bits per heavy atom. The van der Waals surface area contributed by atoms with E-state index in [-0.39, 0.29) is 28.1 Å².